The fourth-order valence-electron chi connectivity index (χ4n) is 2.86. The van der Waals surface area contributed by atoms with Crippen molar-refractivity contribution in [2.24, 2.45) is 0 Å². The first-order valence-corrected chi connectivity index (χ1v) is 8.38. The topological polar surface area (TPSA) is 62.7 Å². The van der Waals surface area contributed by atoms with Gasteiger partial charge in [-0.15, -0.1) is 0 Å². The molecule has 6 nitrogen and oxygen atoms in total. The van der Waals surface area contributed by atoms with Crippen LogP contribution in [0.1, 0.15) is 44.1 Å². The maximum atomic E-state index is 12.3. The van der Waals surface area contributed by atoms with Gasteiger partial charge >= 0.3 is 6.09 Å². The maximum absolute atomic E-state index is 12.3. The maximum Gasteiger partial charge on any atom is 0.410 e. The summed E-state index contributed by atoms with van der Waals surface area (Å²) < 4.78 is 5.48. The van der Waals surface area contributed by atoms with Gasteiger partial charge in [-0.05, 0) is 52.8 Å². The van der Waals surface area contributed by atoms with E-state index in [0.29, 0.717) is 18.8 Å². The molecule has 1 aromatic heterocycles. The van der Waals surface area contributed by atoms with Crippen LogP contribution < -0.4 is 0 Å². The number of pyridine rings is 1. The molecule has 1 fully saturated rings. The van der Waals surface area contributed by atoms with Crippen LogP contribution in [0.25, 0.3) is 0 Å². The van der Waals surface area contributed by atoms with E-state index in [2.05, 4.69) is 4.98 Å². The molecule has 0 aliphatic carbocycles. The van der Waals surface area contributed by atoms with Gasteiger partial charge in [0.15, 0.2) is 5.78 Å². The van der Waals surface area contributed by atoms with E-state index in [1.807, 2.05) is 32.7 Å². The third kappa shape index (κ3) is 5.30. The Morgan fingerprint density at radius 2 is 2.12 bits per heavy atom. The van der Waals surface area contributed by atoms with Gasteiger partial charge in [0.25, 0.3) is 0 Å². The van der Waals surface area contributed by atoms with Crippen molar-refractivity contribution in [2.75, 3.05) is 26.7 Å². The summed E-state index contributed by atoms with van der Waals surface area (Å²) in [5.74, 6) is -0.0140. The highest BCUT2D eigenvalue weighted by molar-refractivity contribution is 5.95. The number of ketones is 1. The lowest BCUT2D eigenvalue weighted by atomic mass is 10.2. The molecule has 1 amide bonds. The minimum atomic E-state index is -0.495. The van der Waals surface area contributed by atoms with Gasteiger partial charge in [0, 0.05) is 25.3 Å². The second-order valence-corrected chi connectivity index (χ2v) is 7.30. The number of hydrogen-bond acceptors (Lipinski definition) is 5. The fraction of sp³-hybridized carbons (Fsp3) is 0.611. The first-order chi connectivity index (χ1) is 11.3. The average Bonchev–Trinajstić information content (AvgIpc) is 2.94. The van der Waals surface area contributed by atoms with E-state index in [1.165, 1.54) is 0 Å². The van der Waals surface area contributed by atoms with Gasteiger partial charge in [0.1, 0.15) is 11.3 Å². The first kappa shape index (κ1) is 18.4. The second kappa shape index (κ2) is 7.75. The van der Waals surface area contributed by atoms with Gasteiger partial charge in [-0.2, -0.15) is 0 Å². The molecule has 1 aliphatic heterocycles. The van der Waals surface area contributed by atoms with Crippen LogP contribution >= 0.6 is 0 Å². The van der Waals surface area contributed by atoms with E-state index >= 15 is 0 Å². The summed E-state index contributed by atoms with van der Waals surface area (Å²) in [6, 6.07) is 5.40. The molecule has 2 heterocycles. The van der Waals surface area contributed by atoms with E-state index in [9.17, 15) is 9.59 Å². The summed E-state index contributed by atoms with van der Waals surface area (Å²) in [6.07, 6.45) is 3.25. The number of Topliss-reactive ketones (excluding diaryl/α,β-unsaturated/α-hetero) is 1. The number of carbonyl (C=O) groups excluding carboxylic acids is 2. The van der Waals surface area contributed by atoms with Crippen molar-refractivity contribution in [3.63, 3.8) is 0 Å². The third-order valence-corrected chi connectivity index (χ3v) is 3.89. The molecule has 1 saturated heterocycles. The largest absolute Gasteiger partial charge is 0.444 e. The lowest BCUT2D eigenvalue weighted by Crippen LogP contribution is -2.45. The molecule has 2 rings (SSSR count). The van der Waals surface area contributed by atoms with Crippen LogP contribution in [-0.2, 0) is 4.74 Å². The number of likely N-dealkylation sites (tertiary alicyclic amines) is 1. The van der Waals surface area contributed by atoms with Gasteiger partial charge in [-0.3, -0.25) is 14.7 Å². The molecule has 0 aromatic carbocycles. The number of nitrogens with zero attached hydrogens (tertiary/aromatic N) is 3. The van der Waals surface area contributed by atoms with Crippen LogP contribution in [0.3, 0.4) is 0 Å². The van der Waals surface area contributed by atoms with Crippen LogP contribution in [0, 0.1) is 0 Å². The number of aromatic nitrogens is 1. The highest BCUT2D eigenvalue weighted by Crippen LogP contribution is 2.21. The summed E-state index contributed by atoms with van der Waals surface area (Å²) >= 11 is 0. The standard InChI is InChI=1S/C18H27N3O3/c1-18(2,3)24-17(23)21-11-7-8-14(21)12-20(4)13-16(22)15-9-5-6-10-19-15/h5-6,9-10,14H,7-8,11-13H2,1-4H3/t14-/m0/s1. The Labute approximate surface area is 143 Å². The number of likely N-dealkylation sites (N-methyl/N-ethyl adjacent to an activating group) is 1. The normalized spacial score (nSPS) is 18.0. The molecule has 132 valence electrons. The molecule has 1 atom stereocenters. The summed E-state index contributed by atoms with van der Waals surface area (Å²) in [5.41, 5.74) is -0.0230. The zero-order valence-corrected chi connectivity index (χ0v) is 15.0. The van der Waals surface area contributed by atoms with Crippen molar-refractivity contribution in [1.29, 1.82) is 0 Å². The van der Waals surface area contributed by atoms with Crippen molar-refractivity contribution in [3.8, 4) is 0 Å². The molecule has 1 aromatic rings. The first-order valence-electron chi connectivity index (χ1n) is 8.38. The van der Waals surface area contributed by atoms with E-state index in [-0.39, 0.29) is 24.5 Å². The van der Waals surface area contributed by atoms with Crippen molar-refractivity contribution < 1.29 is 14.3 Å². The Morgan fingerprint density at radius 1 is 1.38 bits per heavy atom. The monoisotopic (exact) mass is 333 g/mol. The van der Waals surface area contributed by atoms with Gasteiger partial charge < -0.3 is 9.64 Å². The van der Waals surface area contributed by atoms with Crippen molar-refractivity contribution in [1.82, 2.24) is 14.8 Å². The molecule has 0 N–H and O–H groups in total. The van der Waals surface area contributed by atoms with E-state index < -0.39 is 5.60 Å². The molecular formula is C18H27N3O3. The molecule has 1 aliphatic rings. The molecule has 0 radical (unpaired) electrons. The molecule has 24 heavy (non-hydrogen) atoms. The van der Waals surface area contributed by atoms with E-state index in [1.54, 1.807) is 29.3 Å². The zero-order chi connectivity index (χ0) is 17.7. The highest BCUT2D eigenvalue weighted by atomic mass is 16.6. The van der Waals surface area contributed by atoms with Gasteiger partial charge in [-0.1, -0.05) is 6.07 Å². The minimum absolute atomic E-state index is 0.0140. The lowest BCUT2D eigenvalue weighted by molar-refractivity contribution is 0.0205. The molecular weight excluding hydrogens is 306 g/mol. The van der Waals surface area contributed by atoms with E-state index in [4.69, 9.17) is 4.74 Å². The SMILES string of the molecule is CN(CC(=O)c1ccccn1)C[C@@H]1CCCN1C(=O)OC(C)(C)C. The van der Waals surface area contributed by atoms with Crippen LogP contribution in [0.5, 0.6) is 0 Å². The molecule has 0 unspecified atom stereocenters. The third-order valence-electron chi connectivity index (χ3n) is 3.89. The quantitative estimate of drug-likeness (QED) is 0.775. The molecule has 0 saturated carbocycles. The Morgan fingerprint density at radius 3 is 2.75 bits per heavy atom. The van der Waals surface area contributed by atoms with Crippen LogP contribution in [-0.4, -0.2) is 65.0 Å². The Hall–Kier alpha value is -1.95. The summed E-state index contributed by atoms with van der Waals surface area (Å²) in [7, 11) is 1.90. The smallest absolute Gasteiger partial charge is 0.410 e. The van der Waals surface area contributed by atoms with Crippen molar-refractivity contribution in [2.45, 2.75) is 45.3 Å². The molecule has 0 spiro atoms. The zero-order valence-electron chi connectivity index (χ0n) is 15.0. The van der Waals surface area contributed by atoms with Gasteiger partial charge in [0.2, 0.25) is 0 Å². The number of amides is 1. The summed E-state index contributed by atoms with van der Waals surface area (Å²) in [6.45, 7) is 7.25. The predicted molar refractivity (Wildman–Crippen MR) is 92.0 cm³/mol. The van der Waals surface area contributed by atoms with Gasteiger partial charge in [-0.25, -0.2) is 4.79 Å². The Bertz CT molecular complexity index is 569. The number of rotatable bonds is 5. The number of hydrogen-bond donors (Lipinski definition) is 0. The average molecular weight is 333 g/mol. The van der Waals surface area contributed by atoms with Crippen LogP contribution in [0.4, 0.5) is 4.79 Å². The summed E-state index contributed by atoms with van der Waals surface area (Å²) in [5, 5.41) is 0. The Kier molecular flexibility index (Phi) is 5.94. The summed E-state index contributed by atoms with van der Waals surface area (Å²) in [4.78, 5) is 32.3. The van der Waals surface area contributed by atoms with Crippen molar-refractivity contribution >= 4 is 11.9 Å². The lowest BCUT2D eigenvalue weighted by Gasteiger charge is -2.30. The number of carbonyl (C=O) groups is 2. The molecule has 0 bridgehead atoms. The predicted octanol–water partition coefficient (Wildman–Crippen LogP) is 2.60. The number of ether oxygens (including phenoxy) is 1. The van der Waals surface area contributed by atoms with Gasteiger partial charge in [0.05, 0.1) is 6.54 Å². The fourth-order valence-corrected chi connectivity index (χ4v) is 2.86. The second-order valence-electron chi connectivity index (χ2n) is 7.30. The minimum Gasteiger partial charge on any atom is -0.444 e. The highest BCUT2D eigenvalue weighted by Gasteiger charge is 2.32. The van der Waals surface area contributed by atoms with E-state index in [0.717, 1.165) is 12.8 Å². The van der Waals surface area contributed by atoms with Crippen molar-refractivity contribution in [3.05, 3.63) is 30.1 Å². The molecule has 6 heteroatoms. The van der Waals surface area contributed by atoms with Crippen LogP contribution in [0.2, 0.25) is 0 Å². The van der Waals surface area contributed by atoms with Crippen LogP contribution in [0.15, 0.2) is 24.4 Å². The Balaban J connectivity index is 1.89.